The maximum Gasteiger partial charge on any atom is 0.281 e. The highest BCUT2D eigenvalue weighted by Crippen LogP contribution is 2.26. The predicted octanol–water partition coefficient (Wildman–Crippen LogP) is 4.56. The molecule has 1 aliphatic heterocycles. The Morgan fingerprint density at radius 2 is 1.78 bits per heavy atom. The molecule has 1 heterocycles. The second-order valence-electron chi connectivity index (χ2n) is 5.14. The second-order valence-corrected chi connectivity index (χ2v) is 6.34. The molecule has 0 spiro atoms. The highest BCUT2D eigenvalue weighted by atomic mass is 35.5. The zero-order chi connectivity index (χ0) is 16.6. The minimum atomic E-state index is -0.204. The number of carbonyl (C=O) groups excluding carboxylic acids is 1. The quantitative estimate of drug-likeness (QED) is 0.627. The maximum atomic E-state index is 12.6. The van der Waals surface area contributed by atoms with Crippen LogP contribution in [0.2, 0.25) is 10.0 Å². The van der Waals surface area contributed by atoms with E-state index in [-0.39, 0.29) is 5.91 Å². The van der Waals surface area contributed by atoms with Crippen LogP contribution in [0.1, 0.15) is 11.1 Å². The lowest BCUT2D eigenvalue weighted by atomic mass is 10.2. The van der Waals surface area contributed by atoms with Gasteiger partial charge >= 0.3 is 0 Å². The van der Waals surface area contributed by atoms with Gasteiger partial charge in [-0.2, -0.15) is 0 Å². The molecular weight excluding hydrogens is 351 g/mol. The lowest BCUT2D eigenvalue weighted by Crippen LogP contribution is -2.30. The van der Waals surface area contributed by atoms with Crippen molar-refractivity contribution < 1.29 is 4.79 Å². The van der Waals surface area contributed by atoms with Gasteiger partial charge in [0.1, 0.15) is 5.70 Å². The molecule has 0 aliphatic carbocycles. The number of aryl methyl sites for hydroxylation is 1. The fraction of sp³-hybridized carbons (Fsp3) is 0.0588. The number of benzene rings is 2. The van der Waals surface area contributed by atoms with Crippen LogP contribution in [0.5, 0.6) is 0 Å². The normalized spacial score (nSPS) is 16.1. The molecule has 0 unspecified atom stereocenters. The number of hydrogen-bond acceptors (Lipinski definition) is 2. The number of nitrogens with one attached hydrogen (secondary N) is 1. The van der Waals surface area contributed by atoms with Gasteiger partial charge in [-0.05, 0) is 55.0 Å². The van der Waals surface area contributed by atoms with E-state index >= 15 is 0 Å². The Morgan fingerprint density at radius 3 is 2.43 bits per heavy atom. The van der Waals surface area contributed by atoms with Gasteiger partial charge in [0, 0.05) is 0 Å². The van der Waals surface area contributed by atoms with Crippen LogP contribution in [0.15, 0.2) is 48.2 Å². The van der Waals surface area contributed by atoms with Crippen LogP contribution in [0.25, 0.3) is 6.08 Å². The molecule has 2 aromatic carbocycles. The highest BCUT2D eigenvalue weighted by Gasteiger charge is 2.31. The van der Waals surface area contributed by atoms with E-state index < -0.39 is 0 Å². The van der Waals surface area contributed by atoms with Crippen LogP contribution in [-0.4, -0.2) is 11.0 Å². The topological polar surface area (TPSA) is 32.3 Å². The standard InChI is InChI=1S/C17H12Cl2N2OS/c1-10-2-5-12(6-3-10)21-16(22)15(20-17(21)23)9-11-4-7-13(18)14(19)8-11/h2-9H,1H3,(H,20,23). The Morgan fingerprint density at radius 1 is 1.09 bits per heavy atom. The first-order chi connectivity index (χ1) is 11.0. The third kappa shape index (κ3) is 3.24. The highest BCUT2D eigenvalue weighted by molar-refractivity contribution is 7.80. The number of halogens is 2. The Bertz CT molecular complexity index is 831. The summed E-state index contributed by atoms with van der Waals surface area (Å²) in [6.07, 6.45) is 1.70. The van der Waals surface area contributed by atoms with Crippen molar-refractivity contribution in [1.82, 2.24) is 5.32 Å². The molecule has 1 saturated heterocycles. The molecule has 3 rings (SSSR count). The smallest absolute Gasteiger partial charge is 0.281 e. The largest absolute Gasteiger partial charge is 0.327 e. The van der Waals surface area contributed by atoms with Gasteiger partial charge < -0.3 is 5.32 Å². The van der Waals surface area contributed by atoms with Crippen molar-refractivity contribution in [2.45, 2.75) is 6.92 Å². The van der Waals surface area contributed by atoms with Gasteiger partial charge in [-0.1, -0.05) is 47.0 Å². The van der Waals surface area contributed by atoms with Crippen molar-refractivity contribution >= 4 is 58.2 Å². The summed E-state index contributed by atoms with van der Waals surface area (Å²) in [4.78, 5) is 14.1. The van der Waals surface area contributed by atoms with Crippen molar-refractivity contribution in [3.63, 3.8) is 0 Å². The molecular formula is C17H12Cl2N2OS. The summed E-state index contributed by atoms with van der Waals surface area (Å²) in [6.45, 7) is 1.99. The van der Waals surface area contributed by atoms with E-state index in [1.54, 1.807) is 24.3 Å². The minimum absolute atomic E-state index is 0.204. The fourth-order valence-corrected chi connectivity index (χ4v) is 2.84. The Hall–Kier alpha value is -1.88. The van der Waals surface area contributed by atoms with Crippen molar-refractivity contribution in [3.8, 4) is 0 Å². The lowest BCUT2D eigenvalue weighted by Gasteiger charge is -2.13. The molecule has 1 N–H and O–H groups in total. The van der Waals surface area contributed by atoms with Crippen LogP contribution >= 0.6 is 35.4 Å². The zero-order valence-corrected chi connectivity index (χ0v) is 14.5. The number of carbonyl (C=O) groups is 1. The first-order valence-corrected chi connectivity index (χ1v) is 8.01. The number of rotatable bonds is 2. The number of hydrogen-bond donors (Lipinski definition) is 1. The van der Waals surface area contributed by atoms with Gasteiger partial charge in [-0.3, -0.25) is 9.69 Å². The summed E-state index contributed by atoms with van der Waals surface area (Å²) in [6, 6.07) is 12.8. The number of anilines is 1. The average Bonchev–Trinajstić information content (AvgIpc) is 2.79. The van der Waals surface area contributed by atoms with E-state index in [0.717, 1.165) is 16.8 Å². The van der Waals surface area contributed by atoms with Gasteiger partial charge in [-0.25, -0.2) is 0 Å². The summed E-state index contributed by atoms with van der Waals surface area (Å²) in [5, 5.41) is 4.20. The van der Waals surface area contributed by atoms with E-state index in [1.165, 1.54) is 4.90 Å². The molecule has 0 atom stereocenters. The third-order valence-electron chi connectivity index (χ3n) is 3.43. The van der Waals surface area contributed by atoms with Crippen molar-refractivity contribution in [1.29, 1.82) is 0 Å². The SMILES string of the molecule is Cc1ccc(N2C(=O)C(=Cc3ccc(Cl)c(Cl)c3)NC2=S)cc1. The summed E-state index contributed by atoms with van der Waals surface area (Å²) >= 11 is 17.2. The van der Waals surface area contributed by atoms with Gasteiger partial charge in [0.25, 0.3) is 5.91 Å². The Balaban J connectivity index is 1.92. The number of thiocarbonyl (C=S) groups is 1. The van der Waals surface area contributed by atoms with E-state index in [4.69, 9.17) is 35.4 Å². The monoisotopic (exact) mass is 362 g/mol. The molecule has 0 aromatic heterocycles. The van der Waals surface area contributed by atoms with Crippen molar-refractivity contribution in [2.24, 2.45) is 0 Å². The van der Waals surface area contributed by atoms with Crippen LogP contribution in [-0.2, 0) is 4.79 Å². The Labute approximate surface area is 149 Å². The molecule has 0 radical (unpaired) electrons. The summed E-state index contributed by atoms with van der Waals surface area (Å²) < 4.78 is 0. The van der Waals surface area contributed by atoms with Crippen LogP contribution in [0, 0.1) is 6.92 Å². The maximum absolute atomic E-state index is 12.6. The van der Waals surface area contributed by atoms with Gasteiger partial charge in [0.2, 0.25) is 0 Å². The molecule has 0 saturated carbocycles. The van der Waals surface area contributed by atoms with Crippen LogP contribution in [0.3, 0.4) is 0 Å². The van der Waals surface area contributed by atoms with E-state index in [0.29, 0.717) is 20.9 Å². The molecule has 116 valence electrons. The van der Waals surface area contributed by atoms with Gasteiger partial charge in [0.15, 0.2) is 5.11 Å². The summed E-state index contributed by atoms with van der Waals surface area (Å²) in [5.74, 6) is -0.204. The molecule has 1 amide bonds. The van der Waals surface area contributed by atoms with Crippen molar-refractivity contribution in [3.05, 3.63) is 69.3 Å². The number of nitrogens with zero attached hydrogens (tertiary/aromatic N) is 1. The summed E-state index contributed by atoms with van der Waals surface area (Å²) in [5.41, 5.74) is 3.01. The lowest BCUT2D eigenvalue weighted by molar-refractivity contribution is -0.113. The van der Waals surface area contributed by atoms with Crippen LogP contribution < -0.4 is 10.2 Å². The average molecular weight is 363 g/mol. The second kappa shape index (κ2) is 6.32. The molecule has 3 nitrogen and oxygen atoms in total. The minimum Gasteiger partial charge on any atom is -0.327 e. The fourth-order valence-electron chi connectivity index (χ4n) is 2.23. The van der Waals surface area contributed by atoms with E-state index in [1.807, 2.05) is 31.2 Å². The molecule has 1 fully saturated rings. The summed E-state index contributed by atoms with van der Waals surface area (Å²) in [7, 11) is 0. The van der Waals surface area contributed by atoms with Crippen LogP contribution in [0.4, 0.5) is 5.69 Å². The first kappa shape index (κ1) is 16.0. The Kier molecular flexibility index (Phi) is 4.39. The van der Waals surface area contributed by atoms with E-state index in [9.17, 15) is 4.79 Å². The first-order valence-electron chi connectivity index (χ1n) is 6.84. The van der Waals surface area contributed by atoms with Gasteiger partial charge in [-0.15, -0.1) is 0 Å². The zero-order valence-electron chi connectivity index (χ0n) is 12.1. The molecule has 1 aliphatic rings. The molecule has 2 aromatic rings. The molecule has 23 heavy (non-hydrogen) atoms. The molecule has 0 bridgehead atoms. The molecule has 6 heteroatoms. The van der Waals surface area contributed by atoms with E-state index in [2.05, 4.69) is 5.32 Å². The number of amides is 1. The van der Waals surface area contributed by atoms with Gasteiger partial charge in [0.05, 0.1) is 15.7 Å². The van der Waals surface area contributed by atoms with Crippen molar-refractivity contribution in [2.75, 3.05) is 4.90 Å². The predicted molar refractivity (Wildman–Crippen MR) is 98.8 cm³/mol. The third-order valence-corrected chi connectivity index (χ3v) is 4.45.